The number of thioether (sulfide) groups is 1. The highest BCUT2D eigenvalue weighted by Gasteiger charge is 2.18. The van der Waals surface area contributed by atoms with E-state index in [9.17, 15) is 0 Å². The summed E-state index contributed by atoms with van der Waals surface area (Å²) in [6.07, 6.45) is 3.03. The zero-order valence-corrected chi connectivity index (χ0v) is 16.6. The molecule has 138 valence electrons. The van der Waals surface area contributed by atoms with Crippen LogP contribution in [0.15, 0.2) is 33.1 Å². The molecule has 3 rings (SSSR count). The second-order valence-corrected chi connectivity index (χ2v) is 8.20. The van der Waals surface area contributed by atoms with Crippen LogP contribution in [-0.2, 0) is 6.42 Å². The number of hydrogen-bond donors (Lipinski definition) is 1. The zero-order chi connectivity index (χ0) is 18.4. The van der Waals surface area contributed by atoms with Gasteiger partial charge in [0.25, 0.3) is 0 Å². The minimum Gasteiger partial charge on any atom is -0.497 e. The Morgan fingerprint density at radius 2 is 2.08 bits per heavy atom. The van der Waals surface area contributed by atoms with Gasteiger partial charge >= 0.3 is 0 Å². The Balaban J connectivity index is 1.57. The maximum absolute atomic E-state index is 5.37. The number of nitrogens with one attached hydrogen (secondary N) is 1. The molecule has 0 saturated carbocycles. The molecule has 2 aromatic heterocycles. The van der Waals surface area contributed by atoms with Crippen molar-refractivity contribution in [2.24, 2.45) is 0 Å². The molecule has 0 saturated heterocycles. The fourth-order valence-electron chi connectivity index (χ4n) is 2.18. The maximum Gasteiger partial charge on any atom is 0.239 e. The van der Waals surface area contributed by atoms with Crippen LogP contribution in [0.3, 0.4) is 0 Å². The van der Waals surface area contributed by atoms with Gasteiger partial charge in [0.1, 0.15) is 5.75 Å². The van der Waals surface area contributed by atoms with Gasteiger partial charge in [-0.25, -0.2) is 0 Å². The highest BCUT2D eigenvalue weighted by atomic mass is 32.2. The summed E-state index contributed by atoms with van der Waals surface area (Å²) < 4.78 is 11.4. The van der Waals surface area contributed by atoms with E-state index >= 15 is 0 Å². The first-order valence-corrected chi connectivity index (χ1v) is 10.1. The van der Waals surface area contributed by atoms with Gasteiger partial charge in [-0.2, -0.15) is 4.98 Å². The molecule has 7 nitrogen and oxygen atoms in total. The minimum absolute atomic E-state index is 0.0275. The number of aryl methyl sites for hydroxylation is 1. The lowest BCUT2D eigenvalue weighted by atomic mass is 10.2. The molecule has 0 spiro atoms. The number of methoxy groups -OCH3 is 1. The highest BCUT2D eigenvalue weighted by molar-refractivity contribution is 8.01. The Labute approximate surface area is 160 Å². The molecule has 1 atom stereocenters. The molecule has 1 aromatic carbocycles. The van der Waals surface area contributed by atoms with E-state index in [1.165, 1.54) is 11.3 Å². The molecule has 0 bridgehead atoms. The van der Waals surface area contributed by atoms with Crippen molar-refractivity contribution in [3.63, 3.8) is 0 Å². The van der Waals surface area contributed by atoms with E-state index < -0.39 is 0 Å². The molecule has 9 heteroatoms. The fourth-order valence-corrected chi connectivity index (χ4v) is 4.12. The fraction of sp³-hybridized carbons (Fsp3) is 0.412. The van der Waals surface area contributed by atoms with E-state index in [1.54, 1.807) is 18.9 Å². The van der Waals surface area contributed by atoms with Gasteiger partial charge in [0, 0.05) is 12.1 Å². The van der Waals surface area contributed by atoms with Crippen molar-refractivity contribution in [1.82, 2.24) is 20.3 Å². The molecular weight excluding hydrogens is 370 g/mol. The second kappa shape index (κ2) is 9.00. The molecule has 0 fully saturated rings. The maximum atomic E-state index is 5.37. The lowest BCUT2D eigenvalue weighted by molar-refractivity contribution is 0.374. The number of ether oxygens (including phenoxy) is 1. The van der Waals surface area contributed by atoms with E-state index in [-0.39, 0.29) is 5.25 Å². The number of anilines is 2. The third-order valence-electron chi connectivity index (χ3n) is 3.61. The van der Waals surface area contributed by atoms with Gasteiger partial charge < -0.3 is 14.6 Å². The average molecular weight is 392 g/mol. The normalized spacial score (nSPS) is 12.1. The van der Waals surface area contributed by atoms with E-state index in [1.807, 2.05) is 31.2 Å². The Bertz CT molecular complexity index is 819. The van der Waals surface area contributed by atoms with Gasteiger partial charge in [0.05, 0.1) is 12.4 Å². The van der Waals surface area contributed by atoms with Crippen LogP contribution < -0.4 is 10.1 Å². The third kappa shape index (κ3) is 4.95. The van der Waals surface area contributed by atoms with Gasteiger partial charge in [-0.3, -0.25) is 0 Å². The molecule has 3 aromatic rings. The van der Waals surface area contributed by atoms with Crippen molar-refractivity contribution in [2.75, 3.05) is 12.4 Å². The van der Waals surface area contributed by atoms with Gasteiger partial charge in [0.2, 0.25) is 11.0 Å². The van der Waals surface area contributed by atoms with Crippen molar-refractivity contribution in [2.45, 2.75) is 42.7 Å². The van der Waals surface area contributed by atoms with Crippen molar-refractivity contribution in [3.8, 4) is 5.75 Å². The standard InChI is InChI=1S/C17H21N5O2S2/c1-4-5-6-14-19-15(24-22-14)11(2)25-17-21-20-16(26-17)18-12-7-9-13(23-3)10-8-12/h7-11H,4-6H2,1-3H3,(H,18,20). The van der Waals surface area contributed by atoms with Crippen LogP contribution >= 0.6 is 23.1 Å². The highest BCUT2D eigenvalue weighted by Crippen LogP contribution is 2.37. The van der Waals surface area contributed by atoms with Crippen molar-refractivity contribution in [3.05, 3.63) is 36.0 Å². The summed E-state index contributed by atoms with van der Waals surface area (Å²) in [6.45, 7) is 4.17. The Hall–Kier alpha value is -2.13. The molecular formula is C17H21N5O2S2. The van der Waals surface area contributed by atoms with Crippen molar-refractivity contribution < 1.29 is 9.26 Å². The Kier molecular flexibility index (Phi) is 6.45. The number of benzene rings is 1. The van der Waals surface area contributed by atoms with Crippen LogP contribution in [-0.4, -0.2) is 27.4 Å². The number of unbranched alkanes of at least 4 members (excludes halogenated alkanes) is 1. The molecule has 0 aliphatic carbocycles. The predicted octanol–water partition coefficient (Wildman–Crippen LogP) is 4.87. The molecule has 26 heavy (non-hydrogen) atoms. The first-order chi connectivity index (χ1) is 12.7. The average Bonchev–Trinajstić information content (AvgIpc) is 3.30. The number of rotatable bonds is 9. The zero-order valence-electron chi connectivity index (χ0n) is 14.9. The van der Waals surface area contributed by atoms with Gasteiger partial charge in [0.15, 0.2) is 10.2 Å². The van der Waals surface area contributed by atoms with Crippen LogP contribution in [0.1, 0.15) is 43.7 Å². The molecule has 1 N–H and O–H groups in total. The summed E-state index contributed by atoms with van der Waals surface area (Å²) in [5.41, 5.74) is 0.934. The first-order valence-electron chi connectivity index (χ1n) is 8.41. The first kappa shape index (κ1) is 18.7. The summed E-state index contributed by atoms with van der Waals surface area (Å²) in [5.74, 6) is 2.21. The smallest absolute Gasteiger partial charge is 0.239 e. The van der Waals surface area contributed by atoms with Gasteiger partial charge in [-0.1, -0.05) is 41.6 Å². The summed E-state index contributed by atoms with van der Waals surface area (Å²) in [4.78, 5) is 4.47. The quantitative estimate of drug-likeness (QED) is 0.517. The largest absolute Gasteiger partial charge is 0.497 e. The van der Waals surface area contributed by atoms with Crippen LogP contribution in [0.4, 0.5) is 10.8 Å². The van der Waals surface area contributed by atoms with E-state index in [4.69, 9.17) is 9.26 Å². The molecule has 0 amide bonds. The van der Waals surface area contributed by atoms with Crippen LogP contribution in [0.25, 0.3) is 0 Å². The summed E-state index contributed by atoms with van der Waals surface area (Å²) >= 11 is 3.05. The van der Waals surface area contributed by atoms with Crippen LogP contribution in [0.5, 0.6) is 5.75 Å². The predicted molar refractivity (Wildman–Crippen MR) is 103 cm³/mol. The number of nitrogens with zero attached hydrogens (tertiary/aromatic N) is 4. The third-order valence-corrected chi connectivity index (χ3v) is 5.62. The van der Waals surface area contributed by atoms with Gasteiger partial charge in [-0.05, 0) is 37.6 Å². The summed E-state index contributed by atoms with van der Waals surface area (Å²) in [7, 11) is 1.65. The minimum atomic E-state index is 0.0275. The Morgan fingerprint density at radius 1 is 1.27 bits per heavy atom. The number of aromatic nitrogens is 4. The van der Waals surface area contributed by atoms with E-state index in [2.05, 4.69) is 32.6 Å². The molecule has 0 aliphatic rings. The summed E-state index contributed by atoms with van der Waals surface area (Å²) in [5, 5.41) is 16.4. The molecule has 0 radical (unpaired) electrons. The van der Waals surface area contributed by atoms with Crippen LogP contribution in [0, 0.1) is 0 Å². The Morgan fingerprint density at radius 3 is 2.81 bits per heavy atom. The van der Waals surface area contributed by atoms with Crippen LogP contribution in [0.2, 0.25) is 0 Å². The second-order valence-electron chi connectivity index (χ2n) is 5.64. The van der Waals surface area contributed by atoms with Crippen molar-refractivity contribution >= 4 is 33.9 Å². The number of hydrogen-bond acceptors (Lipinski definition) is 9. The lowest BCUT2D eigenvalue weighted by Gasteiger charge is -2.03. The van der Waals surface area contributed by atoms with Crippen molar-refractivity contribution in [1.29, 1.82) is 0 Å². The van der Waals surface area contributed by atoms with E-state index in [0.717, 1.165) is 46.0 Å². The van der Waals surface area contributed by atoms with E-state index in [0.29, 0.717) is 5.89 Å². The molecule has 0 aliphatic heterocycles. The van der Waals surface area contributed by atoms with Gasteiger partial charge in [-0.15, -0.1) is 10.2 Å². The SMILES string of the molecule is CCCCc1noc(C(C)Sc2nnc(Nc3ccc(OC)cc3)s2)n1. The molecule has 2 heterocycles. The lowest BCUT2D eigenvalue weighted by Crippen LogP contribution is -1.91. The topological polar surface area (TPSA) is 86.0 Å². The monoisotopic (exact) mass is 391 g/mol. The summed E-state index contributed by atoms with van der Waals surface area (Å²) in [6, 6.07) is 7.66. The molecule has 1 unspecified atom stereocenters.